The van der Waals surface area contributed by atoms with E-state index in [0.717, 1.165) is 26.1 Å². The standard InChI is InChI=1S/C16H25NO/c1-4-16(2,3)17-10-11-18-15(13-17)12-14-8-6-5-7-9-14/h5-9,15H,4,10-13H2,1-3H3. The summed E-state index contributed by atoms with van der Waals surface area (Å²) in [5.41, 5.74) is 1.66. The fourth-order valence-corrected chi connectivity index (χ4v) is 2.49. The zero-order chi connectivity index (χ0) is 13.0. The molecule has 0 bridgehead atoms. The molecule has 0 saturated carbocycles. The Bertz CT molecular complexity index is 361. The fraction of sp³-hybridized carbons (Fsp3) is 0.625. The lowest BCUT2D eigenvalue weighted by Crippen LogP contribution is -2.53. The maximum absolute atomic E-state index is 5.91. The topological polar surface area (TPSA) is 12.5 Å². The molecule has 0 aliphatic carbocycles. The minimum Gasteiger partial charge on any atom is -0.375 e. The van der Waals surface area contributed by atoms with E-state index in [0.29, 0.717) is 11.6 Å². The molecule has 0 N–H and O–H groups in total. The number of ether oxygens (including phenoxy) is 1. The van der Waals surface area contributed by atoms with Gasteiger partial charge >= 0.3 is 0 Å². The third-order valence-electron chi connectivity index (χ3n) is 4.17. The number of nitrogens with zero attached hydrogens (tertiary/aromatic N) is 1. The maximum Gasteiger partial charge on any atom is 0.0743 e. The van der Waals surface area contributed by atoms with Gasteiger partial charge in [0.1, 0.15) is 0 Å². The second kappa shape index (κ2) is 5.85. The summed E-state index contributed by atoms with van der Waals surface area (Å²) in [7, 11) is 0. The van der Waals surface area contributed by atoms with Crippen molar-refractivity contribution in [1.29, 1.82) is 0 Å². The van der Waals surface area contributed by atoms with Crippen LogP contribution in [-0.4, -0.2) is 36.2 Å². The minimum atomic E-state index is 0.290. The van der Waals surface area contributed by atoms with E-state index in [-0.39, 0.29) is 0 Å². The fourth-order valence-electron chi connectivity index (χ4n) is 2.49. The normalized spacial score (nSPS) is 22.1. The van der Waals surface area contributed by atoms with Crippen molar-refractivity contribution in [3.05, 3.63) is 35.9 Å². The lowest BCUT2D eigenvalue weighted by atomic mass is 9.97. The molecule has 0 aromatic heterocycles. The van der Waals surface area contributed by atoms with Crippen LogP contribution >= 0.6 is 0 Å². The van der Waals surface area contributed by atoms with Gasteiger partial charge in [0.2, 0.25) is 0 Å². The number of benzene rings is 1. The molecule has 1 aliphatic rings. The summed E-state index contributed by atoms with van der Waals surface area (Å²) in [6, 6.07) is 10.6. The highest BCUT2D eigenvalue weighted by molar-refractivity contribution is 5.15. The predicted octanol–water partition coefficient (Wildman–Crippen LogP) is 3.12. The summed E-state index contributed by atoms with van der Waals surface area (Å²) < 4.78 is 5.91. The van der Waals surface area contributed by atoms with Crippen molar-refractivity contribution >= 4 is 0 Å². The second-order valence-corrected chi connectivity index (χ2v) is 5.79. The lowest BCUT2D eigenvalue weighted by Gasteiger charge is -2.43. The van der Waals surface area contributed by atoms with Gasteiger partial charge in [-0.05, 0) is 32.3 Å². The summed E-state index contributed by atoms with van der Waals surface area (Å²) in [6.45, 7) is 9.90. The van der Waals surface area contributed by atoms with Crippen LogP contribution in [0.2, 0.25) is 0 Å². The Kier molecular flexibility index (Phi) is 4.41. The van der Waals surface area contributed by atoms with Gasteiger partial charge in [0, 0.05) is 18.6 Å². The zero-order valence-electron chi connectivity index (χ0n) is 11.9. The molecule has 1 saturated heterocycles. The van der Waals surface area contributed by atoms with Crippen LogP contribution in [0.25, 0.3) is 0 Å². The first kappa shape index (κ1) is 13.6. The molecule has 0 spiro atoms. The Morgan fingerprint density at radius 3 is 2.67 bits per heavy atom. The summed E-state index contributed by atoms with van der Waals surface area (Å²) in [4.78, 5) is 2.57. The molecule has 18 heavy (non-hydrogen) atoms. The molecule has 1 aliphatic heterocycles. The van der Waals surface area contributed by atoms with E-state index in [4.69, 9.17) is 4.74 Å². The Morgan fingerprint density at radius 2 is 2.00 bits per heavy atom. The van der Waals surface area contributed by atoms with Crippen LogP contribution in [-0.2, 0) is 11.2 Å². The molecular weight excluding hydrogens is 222 g/mol. The van der Waals surface area contributed by atoms with Crippen molar-refractivity contribution in [2.45, 2.75) is 45.3 Å². The molecule has 1 atom stereocenters. The monoisotopic (exact) mass is 247 g/mol. The smallest absolute Gasteiger partial charge is 0.0743 e. The Balaban J connectivity index is 1.95. The number of hydrogen-bond donors (Lipinski definition) is 0. The predicted molar refractivity (Wildman–Crippen MR) is 75.8 cm³/mol. The lowest BCUT2D eigenvalue weighted by molar-refractivity contribution is -0.0620. The molecule has 1 aromatic carbocycles. The summed E-state index contributed by atoms with van der Waals surface area (Å²) >= 11 is 0. The van der Waals surface area contributed by atoms with E-state index < -0.39 is 0 Å². The van der Waals surface area contributed by atoms with Crippen molar-refractivity contribution in [2.75, 3.05) is 19.7 Å². The van der Waals surface area contributed by atoms with Gasteiger partial charge in [0.25, 0.3) is 0 Å². The highest BCUT2D eigenvalue weighted by Crippen LogP contribution is 2.22. The van der Waals surface area contributed by atoms with Crippen LogP contribution < -0.4 is 0 Å². The van der Waals surface area contributed by atoms with Gasteiger partial charge < -0.3 is 4.74 Å². The minimum absolute atomic E-state index is 0.290. The molecule has 2 rings (SSSR count). The molecular formula is C16H25NO. The second-order valence-electron chi connectivity index (χ2n) is 5.79. The first-order chi connectivity index (χ1) is 8.62. The van der Waals surface area contributed by atoms with Gasteiger partial charge in [-0.2, -0.15) is 0 Å². The molecule has 0 radical (unpaired) electrons. The van der Waals surface area contributed by atoms with Crippen molar-refractivity contribution in [1.82, 2.24) is 4.90 Å². The van der Waals surface area contributed by atoms with Crippen molar-refractivity contribution < 1.29 is 4.74 Å². The molecule has 1 aromatic rings. The first-order valence-electron chi connectivity index (χ1n) is 7.02. The first-order valence-corrected chi connectivity index (χ1v) is 7.02. The molecule has 1 fully saturated rings. The van der Waals surface area contributed by atoms with E-state index >= 15 is 0 Å². The van der Waals surface area contributed by atoms with E-state index in [9.17, 15) is 0 Å². The Labute approximate surface area is 111 Å². The highest BCUT2D eigenvalue weighted by atomic mass is 16.5. The van der Waals surface area contributed by atoms with Gasteiger partial charge in [-0.1, -0.05) is 37.3 Å². The zero-order valence-corrected chi connectivity index (χ0v) is 11.9. The van der Waals surface area contributed by atoms with Gasteiger partial charge in [-0.15, -0.1) is 0 Å². The summed E-state index contributed by atoms with van der Waals surface area (Å²) in [5.74, 6) is 0. The number of morpholine rings is 1. The largest absolute Gasteiger partial charge is 0.375 e. The van der Waals surface area contributed by atoms with Crippen LogP contribution in [0.5, 0.6) is 0 Å². The third kappa shape index (κ3) is 3.33. The molecule has 2 heteroatoms. The maximum atomic E-state index is 5.91. The average Bonchev–Trinajstić information content (AvgIpc) is 2.40. The van der Waals surface area contributed by atoms with E-state index in [1.165, 1.54) is 12.0 Å². The quantitative estimate of drug-likeness (QED) is 0.810. The molecule has 1 unspecified atom stereocenters. The van der Waals surface area contributed by atoms with Gasteiger partial charge in [0.05, 0.1) is 12.7 Å². The van der Waals surface area contributed by atoms with Crippen molar-refractivity contribution in [2.24, 2.45) is 0 Å². The third-order valence-corrected chi connectivity index (χ3v) is 4.17. The van der Waals surface area contributed by atoms with Crippen LogP contribution in [0.3, 0.4) is 0 Å². The van der Waals surface area contributed by atoms with Crippen molar-refractivity contribution in [3.8, 4) is 0 Å². The van der Waals surface area contributed by atoms with Crippen LogP contribution in [0.15, 0.2) is 30.3 Å². The number of hydrogen-bond acceptors (Lipinski definition) is 2. The van der Waals surface area contributed by atoms with E-state index in [2.05, 4.69) is 56.0 Å². The summed E-state index contributed by atoms with van der Waals surface area (Å²) in [5, 5.41) is 0. The van der Waals surface area contributed by atoms with Crippen LogP contribution in [0.1, 0.15) is 32.8 Å². The number of rotatable bonds is 4. The molecule has 2 nitrogen and oxygen atoms in total. The molecule has 0 amide bonds. The van der Waals surface area contributed by atoms with Crippen LogP contribution in [0.4, 0.5) is 0 Å². The molecule has 100 valence electrons. The Morgan fingerprint density at radius 1 is 1.28 bits per heavy atom. The Hall–Kier alpha value is -0.860. The highest BCUT2D eigenvalue weighted by Gasteiger charge is 2.30. The molecule has 1 heterocycles. The van der Waals surface area contributed by atoms with Crippen LogP contribution in [0, 0.1) is 0 Å². The summed E-state index contributed by atoms with van der Waals surface area (Å²) in [6.07, 6.45) is 2.55. The van der Waals surface area contributed by atoms with E-state index in [1.54, 1.807) is 0 Å². The van der Waals surface area contributed by atoms with Crippen molar-refractivity contribution in [3.63, 3.8) is 0 Å². The van der Waals surface area contributed by atoms with Gasteiger partial charge in [-0.3, -0.25) is 4.90 Å². The van der Waals surface area contributed by atoms with Gasteiger partial charge in [0.15, 0.2) is 0 Å². The van der Waals surface area contributed by atoms with Gasteiger partial charge in [-0.25, -0.2) is 0 Å². The van der Waals surface area contributed by atoms with E-state index in [1.807, 2.05) is 0 Å². The average molecular weight is 247 g/mol. The SMILES string of the molecule is CCC(C)(C)N1CCOC(Cc2ccccc2)C1.